The number of likely N-dealkylation sites (N-methyl/N-ethyl adjacent to an activating group) is 1. The van der Waals surface area contributed by atoms with Gasteiger partial charge in [-0.1, -0.05) is 30.3 Å². The lowest BCUT2D eigenvalue weighted by Gasteiger charge is -2.34. The minimum absolute atomic E-state index is 0.0569. The van der Waals surface area contributed by atoms with Crippen LogP contribution in [0.1, 0.15) is 44.7 Å². The Bertz CT molecular complexity index is 1540. The van der Waals surface area contributed by atoms with Crippen LogP contribution in [0.5, 0.6) is 0 Å². The van der Waals surface area contributed by atoms with Crippen LogP contribution in [0, 0.1) is 6.92 Å². The third kappa shape index (κ3) is 4.43. The molecule has 38 heavy (non-hydrogen) atoms. The minimum Gasteiger partial charge on any atom is -0.478 e. The van der Waals surface area contributed by atoms with Gasteiger partial charge in [0.1, 0.15) is 0 Å². The van der Waals surface area contributed by atoms with Gasteiger partial charge in [0, 0.05) is 49.3 Å². The summed E-state index contributed by atoms with van der Waals surface area (Å²) in [6.45, 7) is 5.91. The van der Waals surface area contributed by atoms with Gasteiger partial charge >= 0.3 is 5.97 Å². The smallest absolute Gasteiger partial charge is 0.337 e. The molecule has 7 nitrogen and oxygen atoms in total. The van der Waals surface area contributed by atoms with Crippen molar-refractivity contribution < 1.29 is 14.7 Å². The Morgan fingerprint density at radius 3 is 2.45 bits per heavy atom. The zero-order valence-electron chi connectivity index (χ0n) is 21.8. The van der Waals surface area contributed by atoms with Crippen LogP contribution in [0.25, 0.3) is 22.0 Å². The molecule has 2 fully saturated rings. The van der Waals surface area contributed by atoms with Gasteiger partial charge in [0.15, 0.2) is 0 Å². The first-order chi connectivity index (χ1) is 18.3. The molecule has 1 saturated heterocycles. The number of aromatic amines is 1. The number of carboxylic acids is 1. The Balaban J connectivity index is 1.34. The van der Waals surface area contributed by atoms with Crippen LogP contribution < -0.4 is 10.2 Å². The molecule has 1 amide bonds. The van der Waals surface area contributed by atoms with Gasteiger partial charge in [0.05, 0.1) is 11.1 Å². The van der Waals surface area contributed by atoms with Crippen LogP contribution in [0.4, 0.5) is 5.69 Å². The molecule has 0 spiro atoms. The molecule has 1 aromatic heterocycles. The number of rotatable bonds is 6. The molecule has 194 valence electrons. The lowest BCUT2D eigenvalue weighted by atomic mass is 9.92. The van der Waals surface area contributed by atoms with Crippen LogP contribution in [0.3, 0.4) is 0 Å². The molecule has 0 radical (unpaired) electrons. The van der Waals surface area contributed by atoms with E-state index in [4.69, 9.17) is 0 Å². The van der Waals surface area contributed by atoms with Gasteiger partial charge < -0.3 is 25.2 Å². The number of aryl methyl sites for hydroxylation is 1. The van der Waals surface area contributed by atoms with Crippen LogP contribution in [0.15, 0.2) is 66.9 Å². The van der Waals surface area contributed by atoms with E-state index in [0.29, 0.717) is 5.56 Å². The number of piperazine rings is 1. The molecule has 3 aromatic carbocycles. The largest absolute Gasteiger partial charge is 0.478 e. The fourth-order valence-corrected chi connectivity index (χ4v) is 5.53. The summed E-state index contributed by atoms with van der Waals surface area (Å²) in [6.07, 6.45) is 3.22. The van der Waals surface area contributed by atoms with Gasteiger partial charge in [-0.3, -0.25) is 4.79 Å². The van der Waals surface area contributed by atoms with E-state index in [2.05, 4.69) is 57.5 Å². The summed E-state index contributed by atoms with van der Waals surface area (Å²) in [5.41, 5.74) is 5.24. The summed E-state index contributed by atoms with van der Waals surface area (Å²) in [5.74, 6) is -1.02. The number of carboxylic acid groups (broad SMARTS) is 1. The molecule has 0 bridgehead atoms. The first kappa shape index (κ1) is 24.2. The highest BCUT2D eigenvalue weighted by Gasteiger charge is 2.47. The number of nitrogens with one attached hydrogen (secondary N) is 2. The van der Waals surface area contributed by atoms with Crippen LogP contribution in [0.2, 0.25) is 0 Å². The second-order valence-corrected chi connectivity index (χ2v) is 10.7. The molecule has 1 aliphatic heterocycles. The maximum Gasteiger partial charge on any atom is 0.337 e. The molecular formula is C31H32N4O3. The number of hydrogen-bond acceptors (Lipinski definition) is 4. The Morgan fingerprint density at radius 2 is 1.74 bits per heavy atom. The van der Waals surface area contributed by atoms with Gasteiger partial charge in [-0.15, -0.1) is 0 Å². The van der Waals surface area contributed by atoms with E-state index >= 15 is 0 Å². The van der Waals surface area contributed by atoms with Crippen molar-refractivity contribution in [2.24, 2.45) is 0 Å². The Hall–Kier alpha value is -4.10. The summed E-state index contributed by atoms with van der Waals surface area (Å²) < 4.78 is 0. The number of hydrogen-bond donors (Lipinski definition) is 3. The van der Waals surface area contributed by atoms with Crippen molar-refractivity contribution in [2.45, 2.75) is 25.3 Å². The van der Waals surface area contributed by atoms with Crippen molar-refractivity contribution in [2.75, 3.05) is 38.1 Å². The second kappa shape index (κ2) is 9.33. The number of nitrogens with zero attached hydrogens (tertiary/aromatic N) is 2. The maximum absolute atomic E-state index is 13.7. The van der Waals surface area contributed by atoms with E-state index in [0.717, 1.165) is 77.9 Å². The van der Waals surface area contributed by atoms with Crippen molar-refractivity contribution in [1.29, 1.82) is 0 Å². The van der Waals surface area contributed by atoms with E-state index in [1.54, 1.807) is 6.07 Å². The quantitative estimate of drug-likeness (QED) is 0.341. The zero-order valence-corrected chi connectivity index (χ0v) is 21.8. The average Bonchev–Trinajstić information content (AvgIpc) is 3.51. The highest BCUT2D eigenvalue weighted by atomic mass is 16.4. The molecule has 4 aromatic rings. The summed E-state index contributed by atoms with van der Waals surface area (Å²) in [6, 6.07) is 20.2. The first-order valence-corrected chi connectivity index (χ1v) is 13.1. The number of benzene rings is 3. The van der Waals surface area contributed by atoms with Crippen LogP contribution >= 0.6 is 0 Å². The van der Waals surface area contributed by atoms with Crippen molar-refractivity contribution >= 4 is 28.3 Å². The van der Waals surface area contributed by atoms with Crippen LogP contribution in [-0.4, -0.2) is 60.1 Å². The molecule has 2 heterocycles. The summed E-state index contributed by atoms with van der Waals surface area (Å²) in [4.78, 5) is 33.0. The van der Waals surface area contributed by atoms with Crippen molar-refractivity contribution in [3.63, 3.8) is 0 Å². The standard InChI is InChI=1S/C31H32N4O3/c1-20-7-8-24(35-13-11-34(2)12-14-35)18-26(20)29(36)33-31(9-10-31)27-16-22(15-21-5-3-4-6-25(21)27)28-17-23(19-32-28)30(37)38/h3-8,15-19,32H,9-14H2,1-2H3,(H,33,36)(H,37,38). The van der Waals surface area contributed by atoms with Gasteiger partial charge in [-0.2, -0.15) is 0 Å². The summed E-state index contributed by atoms with van der Waals surface area (Å²) in [7, 11) is 2.14. The number of H-pyrrole nitrogens is 1. The number of aromatic nitrogens is 1. The molecule has 3 N–H and O–H groups in total. The Morgan fingerprint density at radius 1 is 0.974 bits per heavy atom. The highest BCUT2D eigenvalue weighted by molar-refractivity contribution is 5.99. The summed E-state index contributed by atoms with van der Waals surface area (Å²) in [5, 5.41) is 14.9. The maximum atomic E-state index is 13.7. The number of anilines is 1. The molecule has 0 unspecified atom stereocenters. The number of fused-ring (bicyclic) bond motifs is 1. The number of carbonyl (C=O) groups excluding carboxylic acids is 1. The number of amides is 1. The lowest BCUT2D eigenvalue weighted by Crippen LogP contribution is -2.44. The van der Waals surface area contributed by atoms with Gasteiger partial charge in [-0.05, 0) is 84.6 Å². The fourth-order valence-electron chi connectivity index (χ4n) is 5.53. The van der Waals surface area contributed by atoms with Crippen molar-refractivity contribution in [3.05, 3.63) is 89.1 Å². The third-order valence-corrected chi connectivity index (χ3v) is 8.06. The molecule has 1 saturated carbocycles. The van der Waals surface area contributed by atoms with Crippen molar-refractivity contribution in [3.8, 4) is 11.3 Å². The van der Waals surface area contributed by atoms with E-state index < -0.39 is 11.5 Å². The van der Waals surface area contributed by atoms with Gasteiger partial charge in [-0.25, -0.2) is 4.79 Å². The van der Waals surface area contributed by atoms with Gasteiger partial charge in [0.2, 0.25) is 0 Å². The molecule has 6 rings (SSSR count). The highest BCUT2D eigenvalue weighted by Crippen LogP contribution is 2.49. The lowest BCUT2D eigenvalue weighted by molar-refractivity contribution is 0.0696. The predicted octanol–water partition coefficient (Wildman–Crippen LogP) is 5.01. The first-order valence-electron chi connectivity index (χ1n) is 13.1. The number of carbonyl (C=O) groups is 2. The fraction of sp³-hybridized carbons (Fsp3) is 0.290. The third-order valence-electron chi connectivity index (χ3n) is 8.06. The molecule has 1 aliphatic carbocycles. The van der Waals surface area contributed by atoms with E-state index in [1.807, 2.05) is 31.2 Å². The SMILES string of the molecule is Cc1ccc(N2CCN(C)CC2)cc1C(=O)NC1(c2cc(-c3cc(C(=O)O)c[nH]3)cc3ccccc23)CC1. The minimum atomic E-state index is -0.964. The second-order valence-electron chi connectivity index (χ2n) is 10.7. The zero-order chi connectivity index (χ0) is 26.4. The molecule has 2 aliphatic rings. The number of aromatic carboxylic acids is 1. The van der Waals surface area contributed by atoms with Crippen molar-refractivity contribution in [1.82, 2.24) is 15.2 Å². The Kier molecular flexibility index (Phi) is 5.95. The predicted molar refractivity (Wildman–Crippen MR) is 150 cm³/mol. The molecular weight excluding hydrogens is 476 g/mol. The van der Waals surface area contributed by atoms with Gasteiger partial charge in [0.25, 0.3) is 5.91 Å². The van der Waals surface area contributed by atoms with E-state index in [9.17, 15) is 14.7 Å². The van der Waals surface area contributed by atoms with E-state index in [-0.39, 0.29) is 11.5 Å². The normalized spacial score (nSPS) is 16.9. The monoisotopic (exact) mass is 508 g/mol. The summed E-state index contributed by atoms with van der Waals surface area (Å²) >= 11 is 0. The topological polar surface area (TPSA) is 88.7 Å². The molecule has 0 atom stereocenters. The Labute approximate surface area is 222 Å². The molecule has 7 heteroatoms. The van der Waals surface area contributed by atoms with E-state index in [1.165, 1.54) is 6.20 Å². The average molecular weight is 509 g/mol. The van der Waals surface area contributed by atoms with Crippen LogP contribution in [-0.2, 0) is 5.54 Å².